The summed E-state index contributed by atoms with van der Waals surface area (Å²) in [7, 11) is 0. The van der Waals surface area contributed by atoms with E-state index in [1.807, 2.05) is 0 Å². The van der Waals surface area contributed by atoms with E-state index in [1.54, 1.807) is 0 Å². The number of nitrogens with one attached hydrogen (secondary N) is 2. The number of halogens is 1. The topological polar surface area (TPSA) is 157 Å². The fourth-order valence-corrected chi connectivity index (χ4v) is 4.80. The third-order valence-corrected chi connectivity index (χ3v) is 6.80. The van der Waals surface area contributed by atoms with Crippen molar-refractivity contribution < 1.29 is 34.3 Å². The Balaban J connectivity index is 2.06. The Labute approximate surface area is 183 Å². The summed E-state index contributed by atoms with van der Waals surface area (Å²) in [5.74, 6) is 0.102. The van der Waals surface area contributed by atoms with Crippen molar-refractivity contribution in [2.75, 3.05) is 19.8 Å². The van der Waals surface area contributed by atoms with E-state index in [0.717, 1.165) is 25.7 Å². The van der Waals surface area contributed by atoms with Gasteiger partial charge in [0, 0.05) is 6.54 Å². The van der Waals surface area contributed by atoms with Crippen molar-refractivity contribution in [3.8, 4) is 0 Å². The van der Waals surface area contributed by atoms with E-state index in [0.29, 0.717) is 25.3 Å². The Morgan fingerprint density at radius 1 is 1.26 bits per heavy atom. The number of carbonyl (C=O) groups is 1. The molecule has 9 nitrogen and oxygen atoms in total. The maximum Gasteiger partial charge on any atom is 0.237 e. The summed E-state index contributed by atoms with van der Waals surface area (Å²) in [6, 6.07) is -1.52. The van der Waals surface area contributed by atoms with Gasteiger partial charge in [-0.3, -0.25) is 9.18 Å². The largest absolute Gasteiger partial charge is 0.391 e. The van der Waals surface area contributed by atoms with Gasteiger partial charge in [0.2, 0.25) is 5.91 Å². The molecule has 0 saturated carbocycles. The number of hydrogen-bond donors (Lipinski definition) is 7. The molecule has 182 valence electrons. The normalized spacial score (nSPS) is 38.8. The van der Waals surface area contributed by atoms with Crippen molar-refractivity contribution in [3.05, 3.63) is 0 Å². The molecule has 1 amide bonds. The molecule has 10 heteroatoms. The molecule has 2 aliphatic heterocycles. The van der Waals surface area contributed by atoms with Gasteiger partial charge in [-0.05, 0) is 52.0 Å². The average molecular weight is 450 g/mol. The molecule has 0 aromatic heterocycles. The van der Waals surface area contributed by atoms with Crippen molar-refractivity contribution in [1.82, 2.24) is 10.6 Å². The summed E-state index contributed by atoms with van der Waals surface area (Å²) >= 11 is 0. The molecule has 0 aromatic rings. The Morgan fingerprint density at radius 2 is 1.97 bits per heavy atom. The minimum atomic E-state index is -1.56. The molecule has 0 bridgehead atoms. The maximum atomic E-state index is 13.0. The van der Waals surface area contributed by atoms with Gasteiger partial charge < -0.3 is 41.5 Å². The van der Waals surface area contributed by atoms with Gasteiger partial charge in [-0.25, -0.2) is 0 Å². The fourth-order valence-electron chi connectivity index (χ4n) is 4.80. The molecule has 8 N–H and O–H groups in total. The lowest BCUT2D eigenvalue weighted by atomic mass is 9.79. The highest BCUT2D eigenvalue weighted by molar-refractivity contribution is 5.82. The second-order valence-electron chi connectivity index (χ2n) is 9.15. The second-order valence-corrected chi connectivity index (χ2v) is 9.15. The molecule has 0 radical (unpaired) electrons. The number of hydrogen-bond acceptors (Lipinski definition) is 8. The van der Waals surface area contributed by atoms with Crippen molar-refractivity contribution >= 4 is 5.91 Å². The number of ether oxygens (including phenoxy) is 1. The second kappa shape index (κ2) is 11.8. The Bertz CT molecular complexity index is 569. The molecule has 0 aromatic carbocycles. The summed E-state index contributed by atoms with van der Waals surface area (Å²) < 4.78 is 18.2. The van der Waals surface area contributed by atoms with Crippen LogP contribution in [0.4, 0.5) is 4.39 Å². The molecule has 2 fully saturated rings. The van der Waals surface area contributed by atoms with E-state index in [2.05, 4.69) is 10.6 Å². The zero-order valence-electron chi connectivity index (χ0n) is 18.5. The lowest BCUT2D eigenvalue weighted by Gasteiger charge is -2.51. The van der Waals surface area contributed by atoms with Crippen LogP contribution < -0.4 is 16.4 Å². The van der Waals surface area contributed by atoms with Gasteiger partial charge in [0.15, 0.2) is 0 Å². The first-order valence-corrected chi connectivity index (χ1v) is 11.4. The standard InChI is InChI=1S/C21H40FN3O6/c1-12(26)18(21(2)19(29)17(28)16(27)15(11-23)31-21)25-20(30)14-7-6-13(8-10-24-14)5-3-4-9-22/h12-19,24,26-29H,3-11,23H2,1-2H3,(H,25,30)/t12-,13+,14+,15?,16+,17?,18-,19?,21?/m1/s1. The zero-order valence-corrected chi connectivity index (χ0v) is 18.5. The van der Waals surface area contributed by atoms with E-state index in [9.17, 15) is 29.6 Å². The zero-order chi connectivity index (χ0) is 23.2. The molecule has 2 rings (SSSR count). The lowest BCUT2D eigenvalue weighted by molar-refractivity contribution is -0.273. The average Bonchev–Trinajstić information content (AvgIpc) is 2.98. The van der Waals surface area contributed by atoms with Crippen LogP contribution in [0.25, 0.3) is 0 Å². The predicted octanol–water partition coefficient (Wildman–Crippen LogP) is -1.05. The molecule has 31 heavy (non-hydrogen) atoms. The number of amides is 1. The lowest BCUT2D eigenvalue weighted by Crippen LogP contribution is -2.73. The van der Waals surface area contributed by atoms with Gasteiger partial charge in [0.05, 0.1) is 31.0 Å². The molecule has 0 spiro atoms. The Hall–Kier alpha value is -0.880. The highest BCUT2D eigenvalue weighted by atomic mass is 19.1. The van der Waals surface area contributed by atoms with Crippen molar-refractivity contribution in [2.24, 2.45) is 11.7 Å². The number of alkyl halides is 1. The number of carbonyl (C=O) groups excluding carboxylic acids is 1. The highest BCUT2D eigenvalue weighted by Gasteiger charge is 2.55. The van der Waals surface area contributed by atoms with Crippen LogP contribution in [0.1, 0.15) is 52.4 Å². The van der Waals surface area contributed by atoms with Gasteiger partial charge in [-0.1, -0.05) is 12.8 Å². The SMILES string of the molecule is C[C@@H](O)[C@@H](NC(=O)[C@@H]1CC[C@H](CCCCF)CCN1)C1(C)OC(CN)[C@H](O)C(O)C1O. The molecule has 2 saturated heterocycles. The highest BCUT2D eigenvalue weighted by Crippen LogP contribution is 2.34. The molecular formula is C21H40FN3O6. The van der Waals surface area contributed by atoms with Crippen molar-refractivity contribution in [1.29, 1.82) is 0 Å². The molecule has 2 heterocycles. The number of nitrogens with two attached hydrogens (primary N) is 1. The van der Waals surface area contributed by atoms with Gasteiger partial charge in [-0.15, -0.1) is 0 Å². The molecule has 9 atom stereocenters. The van der Waals surface area contributed by atoms with E-state index in [-0.39, 0.29) is 19.1 Å². The number of aliphatic hydroxyl groups excluding tert-OH is 4. The summed E-state index contributed by atoms with van der Waals surface area (Å²) in [6.45, 7) is 3.19. The summed E-state index contributed by atoms with van der Waals surface area (Å²) in [5.41, 5.74) is 4.07. The van der Waals surface area contributed by atoms with Crippen LogP contribution in [-0.4, -0.2) is 94.3 Å². The van der Waals surface area contributed by atoms with Crippen LogP contribution in [0, 0.1) is 5.92 Å². The molecular weight excluding hydrogens is 409 g/mol. The minimum Gasteiger partial charge on any atom is -0.391 e. The first kappa shape index (κ1) is 26.4. The van der Waals surface area contributed by atoms with E-state index < -0.39 is 48.2 Å². The van der Waals surface area contributed by atoms with Gasteiger partial charge in [0.25, 0.3) is 0 Å². The summed E-state index contributed by atoms with van der Waals surface area (Å²) in [4.78, 5) is 13.0. The Morgan fingerprint density at radius 3 is 2.58 bits per heavy atom. The number of unbranched alkanes of at least 4 members (excludes halogenated alkanes) is 1. The first-order chi connectivity index (χ1) is 14.7. The quantitative estimate of drug-likeness (QED) is 0.220. The van der Waals surface area contributed by atoms with Gasteiger partial charge >= 0.3 is 0 Å². The smallest absolute Gasteiger partial charge is 0.237 e. The van der Waals surface area contributed by atoms with Crippen LogP contribution in [-0.2, 0) is 9.53 Å². The van der Waals surface area contributed by atoms with Crippen LogP contribution in [0.2, 0.25) is 0 Å². The van der Waals surface area contributed by atoms with Crippen LogP contribution in [0.15, 0.2) is 0 Å². The summed E-state index contributed by atoms with van der Waals surface area (Å²) in [6.07, 6.45) is -1.83. The van der Waals surface area contributed by atoms with Gasteiger partial charge in [-0.2, -0.15) is 0 Å². The minimum absolute atomic E-state index is 0.102. The van der Waals surface area contributed by atoms with Crippen LogP contribution in [0.3, 0.4) is 0 Å². The number of aliphatic hydroxyl groups is 4. The van der Waals surface area contributed by atoms with E-state index >= 15 is 0 Å². The van der Waals surface area contributed by atoms with E-state index in [4.69, 9.17) is 10.5 Å². The maximum absolute atomic E-state index is 13.0. The van der Waals surface area contributed by atoms with Crippen molar-refractivity contribution in [2.45, 2.75) is 101 Å². The predicted molar refractivity (Wildman–Crippen MR) is 113 cm³/mol. The molecule has 0 aliphatic carbocycles. The third-order valence-electron chi connectivity index (χ3n) is 6.80. The molecule has 2 aliphatic rings. The van der Waals surface area contributed by atoms with E-state index in [1.165, 1.54) is 13.8 Å². The fraction of sp³-hybridized carbons (Fsp3) is 0.952. The number of rotatable bonds is 9. The van der Waals surface area contributed by atoms with Crippen LogP contribution in [0.5, 0.6) is 0 Å². The monoisotopic (exact) mass is 449 g/mol. The third kappa shape index (κ3) is 6.34. The molecule has 4 unspecified atom stereocenters. The Kier molecular flexibility index (Phi) is 10.1. The van der Waals surface area contributed by atoms with Gasteiger partial charge in [0.1, 0.15) is 23.9 Å². The van der Waals surface area contributed by atoms with Crippen LogP contribution >= 0.6 is 0 Å². The first-order valence-electron chi connectivity index (χ1n) is 11.4. The summed E-state index contributed by atoms with van der Waals surface area (Å²) in [5, 5.41) is 47.4. The van der Waals surface area contributed by atoms with Crippen molar-refractivity contribution in [3.63, 3.8) is 0 Å².